The van der Waals surface area contributed by atoms with E-state index in [2.05, 4.69) is 0 Å². The molecule has 146 valence electrons. The highest BCUT2D eigenvalue weighted by Crippen LogP contribution is 2.40. The number of hydrogen-bond acceptors (Lipinski definition) is 3. The first-order valence-corrected chi connectivity index (χ1v) is 8.89. The van der Waals surface area contributed by atoms with E-state index < -0.39 is 29.2 Å². The number of hydrogen-bond donors (Lipinski definition) is 0. The van der Waals surface area contributed by atoms with Gasteiger partial charge in [0.2, 0.25) is 0 Å². The fraction of sp³-hybridized carbons (Fsp3) is 0.238. The van der Waals surface area contributed by atoms with Gasteiger partial charge in [0.1, 0.15) is 0 Å². The minimum atomic E-state index is -4.70. The van der Waals surface area contributed by atoms with Crippen molar-refractivity contribution >= 4 is 23.1 Å². The highest BCUT2D eigenvalue weighted by atomic mass is 19.4. The molecule has 0 bridgehead atoms. The molecule has 7 heteroatoms. The van der Waals surface area contributed by atoms with E-state index >= 15 is 0 Å². The first-order chi connectivity index (χ1) is 13.3. The van der Waals surface area contributed by atoms with E-state index in [1.165, 1.54) is 18.2 Å². The molecule has 0 N–H and O–H groups in total. The molecule has 1 aliphatic heterocycles. The molecule has 0 fully saturated rings. The zero-order chi connectivity index (χ0) is 20.5. The van der Waals surface area contributed by atoms with Gasteiger partial charge in [0.25, 0.3) is 11.8 Å². The molecule has 28 heavy (non-hydrogen) atoms. The Balaban J connectivity index is 2.23. The van der Waals surface area contributed by atoms with Crippen LogP contribution in [-0.2, 0) is 11.0 Å². The van der Waals surface area contributed by atoms with Crippen molar-refractivity contribution in [2.24, 2.45) is 0 Å². The summed E-state index contributed by atoms with van der Waals surface area (Å²) in [6.45, 7) is 5.04. The minimum Gasteiger partial charge on any atom is -0.377 e. The quantitative estimate of drug-likeness (QED) is 0.569. The maximum absolute atomic E-state index is 13.5. The third kappa shape index (κ3) is 3.40. The molecule has 2 aromatic carbocycles. The predicted octanol–water partition coefficient (Wildman–Crippen LogP) is 4.58. The molecular formula is C21H19F3N2O2. The largest absolute Gasteiger partial charge is 0.418 e. The van der Waals surface area contributed by atoms with Crippen LogP contribution in [-0.4, -0.2) is 29.8 Å². The molecule has 1 heterocycles. The zero-order valence-corrected chi connectivity index (χ0v) is 15.5. The van der Waals surface area contributed by atoms with Crippen LogP contribution in [0.25, 0.3) is 5.57 Å². The number of carbonyl (C=O) groups excluding carboxylic acids is 2. The van der Waals surface area contributed by atoms with Gasteiger partial charge in [-0.25, -0.2) is 4.90 Å². The third-order valence-corrected chi connectivity index (χ3v) is 4.66. The molecule has 0 radical (unpaired) electrons. The Labute approximate surface area is 160 Å². The van der Waals surface area contributed by atoms with E-state index in [0.29, 0.717) is 23.6 Å². The lowest BCUT2D eigenvalue weighted by Crippen LogP contribution is -2.43. The number of rotatable bonds is 4. The fourth-order valence-electron chi connectivity index (χ4n) is 3.19. The Kier molecular flexibility index (Phi) is 5.27. The van der Waals surface area contributed by atoms with Gasteiger partial charge in [-0.05, 0) is 32.0 Å². The monoisotopic (exact) mass is 388 g/mol. The highest BCUT2D eigenvalue weighted by Gasteiger charge is 2.41. The second-order valence-electron chi connectivity index (χ2n) is 6.27. The highest BCUT2D eigenvalue weighted by molar-refractivity contribution is 6.41. The van der Waals surface area contributed by atoms with Gasteiger partial charge in [0.15, 0.2) is 0 Å². The van der Waals surface area contributed by atoms with E-state index in [-0.39, 0.29) is 11.1 Å². The number of fused-ring (bicyclic) bond motifs is 1. The van der Waals surface area contributed by atoms with Crippen LogP contribution in [0.1, 0.15) is 35.3 Å². The number of carbonyl (C=O) groups is 2. The normalized spacial score (nSPS) is 15.8. The van der Waals surface area contributed by atoms with E-state index in [4.69, 9.17) is 0 Å². The Morgan fingerprint density at radius 2 is 1.46 bits per heavy atom. The molecule has 4 nitrogen and oxygen atoms in total. The van der Waals surface area contributed by atoms with Crippen LogP contribution in [0.2, 0.25) is 0 Å². The molecule has 0 aromatic heterocycles. The molecule has 2 amide bonds. The van der Waals surface area contributed by atoms with Crippen LogP contribution in [0.3, 0.4) is 0 Å². The molecule has 0 saturated carbocycles. The predicted molar refractivity (Wildman–Crippen MR) is 101 cm³/mol. The Morgan fingerprint density at radius 3 is 2.07 bits per heavy atom. The number of para-hydroxylation sites is 1. The molecular weight excluding hydrogens is 369 g/mol. The van der Waals surface area contributed by atoms with Gasteiger partial charge < -0.3 is 4.90 Å². The Morgan fingerprint density at radius 1 is 0.893 bits per heavy atom. The van der Waals surface area contributed by atoms with Crippen molar-refractivity contribution in [2.45, 2.75) is 20.0 Å². The van der Waals surface area contributed by atoms with Crippen LogP contribution >= 0.6 is 0 Å². The molecule has 0 atom stereocenters. The lowest BCUT2D eigenvalue weighted by Gasteiger charge is -2.31. The maximum Gasteiger partial charge on any atom is 0.418 e. The van der Waals surface area contributed by atoms with Crippen molar-refractivity contribution in [2.75, 3.05) is 18.0 Å². The van der Waals surface area contributed by atoms with Crippen LogP contribution in [0, 0.1) is 0 Å². The van der Waals surface area contributed by atoms with Crippen LogP contribution in [0.5, 0.6) is 0 Å². The summed E-state index contributed by atoms with van der Waals surface area (Å²) >= 11 is 0. The summed E-state index contributed by atoms with van der Waals surface area (Å²) in [4.78, 5) is 28.6. The van der Waals surface area contributed by atoms with Gasteiger partial charge in [-0.2, -0.15) is 13.2 Å². The second kappa shape index (κ2) is 7.50. The number of halogens is 3. The standard InChI is InChI=1S/C21H19F3N2O2/c1-3-25(4-2)13-16-14-9-5-6-10-15(14)19(27)26(20(16)28)18-12-8-7-11-17(18)21(22,23)24/h5-13H,3-4H2,1-2H3. The molecule has 2 aromatic rings. The van der Waals surface area contributed by atoms with Crippen molar-refractivity contribution in [1.29, 1.82) is 0 Å². The first-order valence-electron chi connectivity index (χ1n) is 8.89. The average Bonchev–Trinajstić information content (AvgIpc) is 2.68. The number of imide groups is 1. The lowest BCUT2D eigenvalue weighted by molar-refractivity contribution is -0.137. The number of alkyl halides is 3. The van der Waals surface area contributed by atoms with Crippen LogP contribution < -0.4 is 4.90 Å². The lowest BCUT2D eigenvalue weighted by atomic mass is 9.93. The maximum atomic E-state index is 13.5. The van der Waals surface area contributed by atoms with Gasteiger partial charge in [0.05, 0.1) is 16.8 Å². The smallest absolute Gasteiger partial charge is 0.377 e. The Hall–Kier alpha value is -3.09. The molecule has 0 unspecified atom stereocenters. The summed E-state index contributed by atoms with van der Waals surface area (Å²) in [6.07, 6.45) is -3.09. The first kappa shape index (κ1) is 19.7. The SMILES string of the molecule is CCN(C=C1C(=O)N(c2ccccc2C(F)(F)F)C(=O)c2ccccc21)CC. The summed E-state index contributed by atoms with van der Waals surface area (Å²) in [6, 6.07) is 11.1. The second-order valence-corrected chi connectivity index (χ2v) is 6.27. The van der Waals surface area contributed by atoms with Crippen molar-refractivity contribution in [3.05, 3.63) is 71.4 Å². The number of amides is 2. The van der Waals surface area contributed by atoms with E-state index in [1.807, 2.05) is 18.7 Å². The molecule has 1 aliphatic rings. The molecule has 0 aliphatic carbocycles. The fourth-order valence-corrected chi connectivity index (χ4v) is 3.19. The van der Waals surface area contributed by atoms with E-state index in [9.17, 15) is 22.8 Å². The number of anilines is 1. The number of nitrogens with zero attached hydrogens (tertiary/aromatic N) is 2. The Bertz CT molecular complexity index is 947. The van der Waals surface area contributed by atoms with Crippen molar-refractivity contribution < 1.29 is 22.8 Å². The summed E-state index contributed by atoms with van der Waals surface area (Å²) < 4.78 is 40.5. The molecule has 0 spiro atoms. The van der Waals surface area contributed by atoms with Gasteiger partial charge in [-0.15, -0.1) is 0 Å². The van der Waals surface area contributed by atoms with E-state index in [0.717, 1.165) is 12.1 Å². The van der Waals surface area contributed by atoms with Gasteiger partial charge in [-0.1, -0.05) is 30.3 Å². The zero-order valence-electron chi connectivity index (χ0n) is 15.5. The summed E-state index contributed by atoms with van der Waals surface area (Å²) in [5.41, 5.74) is -0.693. The van der Waals surface area contributed by atoms with Crippen LogP contribution in [0.4, 0.5) is 18.9 Å². The van der Waals surface area contributed by atoms with Crippen molar-refractivity contribution in [3.8, 4) is 0 Å². The van der Waals surface area contributed by atoms with Crippen LogP contribution in [0.15, 0.2) is 54.7 Å². The summed E-state index contributed by atoms with van der Waals surface area (Å²) in [7, 11) is 0. The minimum absolute atomic E-state index is 0.191. The average molecular weight is 388 g/mol. The topological polar surface area (TPSA) is 40.6 Å². The summed E-state index contributed by atoms with van der Waals surface area (Å²) in [5, 5.41) is 0. The van der Waals surface area contributed by atoms with Gasteiger partial charge >= 0.3 is 6.18 Å². The van der Waals surface area contributed by atoms with Crippen molar-refractivity contribution in [3.63, 3.8) is 0 Å². The third-order valence-electron chi connectivity index (χ3n) is 4.66. The van der Waals surface area contributed by atoms with Gasteiger partial charge in [0, 0.05) is 30.4 Å². The number of benzene rings is 2. The van der Waals surface area contributed by atoms with E-state index in [1.54, 1.807) is 24.4 Å². The molecule has 3 rings (SSSR count). The summed E-state index contributed by atoms with van der Waals surface area (Å²) in [5.74, 6) is -1.54. The van der Waals surface area contributed by atoms with Crippen molar-refractivity contribution in [1.82, 2.24) is 4.90 Å². The van der Waals surface area contributed by atoms with Gasteiger partial charge in [-0.3, -0.25) is 9.59 Å². The molecule has 0 saturated heterocycles.